The van der Waals surface area contributed by atoms with Gasteiger partial charge in [-0.1, -0.05) is 286 Å². The molecule has 0 fully saturated rings. The van der Waals surface area contributed by atoms with Gasteiger partial charge in [-0.15, -0.1) is 0 Å². The normalized spacial score (nSPS) is 13.0. The predicted octanol–water partition coefficient (Wildman–Crippen LogP) is 21.1. The van der Waals surface area contributed by atoms with Crippen molar-refractivity contribution in [1.29, 1.82) is 0 Å². The van der Waals surface area contributed by atoms with E-state index in [-0.39, 0.29) is 32.2 Å². The van der Waals surface area contributed by atoms with Crippen molar-refractivity contribution < 1.29 is 42.9 Å². The van der Waals surface area contributed by atoms with E-state index in [0.29, 0.717) is 17.4 Å². The minimum Gasteiger partial charge on any atom is -0.477 e. The number of quaternary nitrogens is 1. The highest BCUT2D eigenvalue weighted by Gasteiger charge is 2.25. The summed E-state index contributed by atoms with van der Waals surface area (Å²) in [4.78, 5) is 37.5. The van der Waals surface area contributed by atoms with Crippen molar-refractivity contribution in [3.63, 3.8) is 0 Å². The van der Waals surface area contributed by atoms with Gasteiger partial charge in [-0.05, 0) is 83.5 Å². The molecule has 0 saturated carbocycles. The fourth-order valence-corrected chi connectivity index (χ4v) is 9.94. The van der Waals surface area contributed by atoms with Crippen LogP contribution in [0.15, 0.2) is 60.8 Å². The van der Waals surface area contributed by atoms with E-state index >= 15 is 0 Å². The number of unbranched alkanes of at least 4 members (excludes halogenated alkanes) is 39. The van der Waals surface area contributed by atoms with Crippen molar-refractivity contribution in [3.05, 3.63) is 60.8 Å². The largest absolute Gasteiger partial charge is 0.477 e. The number of carbonyl (C=O) groups excluding carboxylic acids is 2. The highest BCUT2D eigenvalue weighted by molar-refractivity contribution is 5.71. The maximum absolute atomic E-state index is 12.9. The number of carboxylic acid groups (broad SMARTS) is 1. The number of hydrogen-bond donors (Lipinski definition) is 1. The Labute approximate surface area is 501 Å². The molecule has 0 amide bonds. The molecule has 472 valence electrons. The Morgan fingerprint density at radius 2 is 0.667 bits per heavy atom. The first-order valence-corrected chi connectivity index (χ1v) is 34.5. The van der Waals surface area contributed by atoms with Crippen LogP contribution in [0.5, 0.6) is 0 Å². The van der Waals surface area contributed by atoms with Crippen LogP contribution in [0.4, 0.5) is 0 Å². The molecule has 0 radical (unpaired) electrons. The van der Waals surface area contributed by atoms with Gasteiger partial charge in [0.15, 0.2) is 6.10 Å². The van der Waals surface area contributed by atoms with Crippen molar-refractivity contribution in [2.24, 2.45) is 0 Å². The Kier molecular flexibility index (Phi) is 60.7. The van der Waals surface area contributed by atoms with Gasteiger partial charge >= 0.3 is 17.9 Å². The molecule has 0 heterocycles. The number of esters is 2. The van der Waals surface area contributed by atoms with Crippen molar-refractivity contribution >= 4 is 17.9 Å². The minimum absolute atomic E-state index is 0.182. The molecule has 0 aromatic carbocycles. The zero-order chi connectivity index (χ0) is 59.1. The Balaban J connectivity index is 4.02. The van der Waals surface area contributed by atoms with E-state index in [1.807, 2.05) is 21.1 Å². The molecule has 1 N–H and O–H groups in total. The van der Waals surface area contributed by atoms with E-state index in [9.17, 15) is 19.5 Å². The molecule has 9 nitrogen and oxygen atoms in total. The number of carbonyl (C=O) groups is 3. The zero-order valence-electron chi connectivity index (χ0n) is 53.9. The molecular weight excluding hydrogens is 1010 g/mol. The Hall–Kier alpha value is -3.01. The minimum atomic E-state index is -1.51. The molecule has 0 aromatic rings. The van der Waals surface area contributed by atoms with Gasteiger partial charge in [-0.2, -0.15) is 0 Å². The third-order valence-electron chi connectivity index (χ3n) is 15.2. The van der Waals surface area contributed by atoms with Gasteiger partial charge in [0, 0.05) is 12.8 Å². The van der Waals surface area contributed by atoms with Gasteiger partial charge in [-0.25, -0.2) is 4.79 Å². The smallest absolute Gasteiger partial charge is 0.361 e. The van der Waals surface area contributed by atoms with Crippen LogP contribution in [-0.4, -0.2) is 87.4 Å². The first-order chi connectivity index (χ1) is 39.6. The van der Waals surface area contributed by atoms with E-state index in [4.69, 9.17) is 18.9 Å². The second-order valence-corrected chi connectivity index (χ2v) is 24.5. The summed E-state index contributed by atoms with van der Waals surface area (Å²) in [5.74, 6) is -1.99. The number of ether oxygens (including phenoxy) is 4. The number of rotatable bonds is 64. The molecule has 2 unspecified atom stereocenters. The fraction of sp³-hybridized carbons (Fsp3) is 0.819. The lowest BCUT2D eigenvalue weighted by Gasteiger charge is -2.25. The summed E-state index contributed by atoms with van der Waals surface area (Å²) in [6.07, 6.45) is 79.1. The summed E-state index contributed by atoms with van der Waals surface area (Å²) in [5.41, 5.74) is 0. The van der Waals surface area contributed by atoms with Crippen LogP contribution < -0.4 is 0 Å². The second-order valence-electron chi connectivity index (χ2n) is 24.5. The summed E-state index contributed by atoms with van der Waals surface area (Å²) >= 11 is 0. The van der Waals surface area contributed by atoms with Crippen LogP contribution >= 0.6 is 0 Å². The van der Waals surface area contributed by atoms with Crippen LogP contribution in [0.2, 0.25) is 0 Å². The standard InChI is InChI=1S/C72H131NO8/c1-6-8-10-12-14-16-18-20-22-24-26-27-28-29-30-31-32-33-34-35-36-37-38-39-40-41-42-43-45-47-49-51-53-55-57-59-61-63-70(75)81-68(67-80-72(71(76)77)78-65-64-73(3,4)5)66-79-69(74)62-60-58-56-54-52-50-48-46-44-25-23-21-19-17-15-13-11-9-7-2/h15,17-18,20-21,23-24,26,28-29,68,72H,6-14,16,19,22,25,27,30-67H2,1-5H3/p+1/b17-15-,20-18-,23-21-,26-24-,29-28-. The lowest BCUT2D eigenvalue weighted by atomic mass is 10.0. The van der Waals surface area contributed by atoms with Gasteiger partial charge in [0.2, 0.25) is 0 Å². The zero-order valence-corrected chi connectivity index (χ0v) is 53.9. The highest BCUT2D eigenvalue weighted by Crippen LogP contribution is 2.18. The van der Waals surface area contributed by atoms with Gasteiger partial charge in [0.25, 0.3) is 6.29 Å². The average molecular weight is 1140 g/mol. The van der Waals surface area contributed by atoms with Gasteiger partial charge in [-0.3, -0.25) is 9.59 Å². The SMILES string of the molecule is CCCCC/C=C\C/C=C\CCCCCCCCCCCC(=O)OCC(COC(OCC[N+](C)(C)C)C(=O)O)OC(=O)CCCCCCCCCCCCCCCCCCCCCCCC/C=C\C/C=C\C/C=C\CCCCCCC. The fourth-order valence-electron chi connectivity index (χ4n) is 9.94. The maximum atomic E-state index is 12.9. The number of nitrogens with zero attached hydrogens (tertiary/aromatic N) is 1. The lowest BCUT2D eigenvalue weighted by Crippen LogP contribution is -2.40. The summed E-state index contributed by atoms with van der Waals surface area (Å²) in [5, 5.41) is 9.73. The lowest BCUT2D eigenvalue weighted by molar-refractivity contribution is -0.870. The average Bonchev–Trinajstić information content (AvgIpc) is 3.44. The molecule has 0 saturated heterocycles. The van der Waals surface area contributed by atoms with E-state index in [2.05, 4.69) is 74.6 Å². The molecule has 0 aliphatic rings. The van der Waals surface area contributed by atoms with E-state index < -0.39 is 24.3 Å². The Bertz CT molecular complexity index is 1510. The number of likely N-dealkylation sites (N-methyl/N-ethyl adjacent to an activating group) is 1. The molecular formula is C72H132NO8+. The molecule has 0 rings (SSSR count). The first-order valence-electron chi connectivity index (χ1n) is 34.5. The van der Waals surface area contributed by atoms with Crippen molar-refractivity contribution in [1.82, 2.24) is 0 Å². The van der Waals surface area contributed by atoms with Gasteiger partial charge < -0.3 is 28.5 Å². The summed E-state index contributed by atoms with van der Waals surface area (Å²) in [7, 11) is 5.98. The first kappa shape index (κ1) is 78.0. The van der Waals surface area contributed by atoms with E-state index in [0.717, 1.165) is 57.8 Å². The number of allylic oxidation sites excluding steroid dienone is 10. The molecule has 81 heavy (non-hydrogen) atoms. The summed E-state index contributed by atoms with van der Waals surface area (Å²) < 4.78 is 23.0. The van der Waals surface area contributed by atoms with Gasteiger partial charge in [0.05, 0.1) is 34.4 Å². The van der Waals surface area contributed by atoms with Gasteiger partial charge in [0.1, 0.15) is 13.2 Å². The second kappa shape index (κ2) is 63.0. The van der Waals surface area contributed by atoms with E-state index in [1.165, 1.54) is 238 Å². The molecule has 0 aliphatic heterocycles. The predicted molar refractivity (Wildman–Crippen MR) is 346 cm³/mol. The van der Waals surface area contributed by atoms with E-state index in [1.54, 1.807) is 0 Å². The summed E-state index contributed by atoms with van der Waals surface area (Å²) in [6.45, 7) is 4.88. The highest BCUT2D eigenvalue weighted by atomic mass is 16.7. The number of aliphatic carboxylic acids is 1. The monoisotopic (exact) mass is 1140 g/mol. The van der Waals surface area contributed by atoms with Crippen LogP contribution in [0.3, 0.4) is 0 Å². The molecule has 2 atom stereocenters. The molecule has 0 bridgehead atoms. The molecule has 9 heteroatoms. The molecule has 0 aromatic heterocycles. The third kappa shape index (κ3) is 64.4. The van der Waals surface area contributed by atoms with Crippen molar-refractivity contribution in [2.75, 3.05) is 47.5 Å². The third-order valence-corrected chi connectivity index (χ3v) is 15.2. The van der Waals surface area contributed by atoms with Crippen LogP contribution in [0.1, 0.15) is 322 Å². The van der Waals surface area contributed by atoms with Crippen LogP contribution in [0.25, 0.3) is 0 Å². The number of carboxylic acids is 1. The summed E-state index contributed by atoms with van der Waals surface area (Å²) in [6, 6.07) is 0. The molecule has 0 aliphatic carbocycles. The molecule has 0 spiro atoms. The Morgan fingerprint density at radius 3 is 1.01 bits per heavy atom. The van der Waals surface area contributed by atoms with Crippen molar-refractivity contribution in [3.8, 4) is 0 Å². The van der Waals surface area contributed by atoms with Crippen molar-refractivity contribution in [2.45, 2.75) is 334 Å². The van der Waals surface area contributed by atoms with Crippen LogP contribution in [-0.2, 0) is 33.3 Å². The quantitative estimate of drug-likeness (QED) is 0.0211. The topological polar surface area (TPSA) is 108 Å². The Morgan fingerprint density at radius 1 is 0.370 bits per heavy atom. The number of hydrogen-bond acceptors (Lipinski definition) is 7. The maximum Gasteiger partial charge on any atom is 0.361 e. The van der Waals surface area contributed by atoms with Crippen LogP contribution in [0, 0.1) is 0 Å².